The Morgan fingerprint density at radius 2 is 2.06 bits per heavy atom. The molecule has 0 aliphatic carbocycles. The van der Waals surface area contributed by atoms with Gasteiger partial charge >= 0.3 is 0 Å². The van der Waals surface area contributed by atoms with Crippen LogP contribution in [0.3, 0.4) is 0 Å². The number of rotatable bonds is 4. The number of nitrogens with zero attached hydrogens (tertiary/aromatic N) is 2. The van der Waals surface area contributed by atoms with Gasteiger partial charge in [-0.3, -0.25) is 4.68 Å². The van der Waals surface area contributed by atoms with Crippen molar-refractivity contribution in [3.8, 4) is 11.1 Å². The molecule has 2 rings (SSSR count). The van der Waals surface area contributed by atoms with Gasteiger partial charge < -0.3 is 5.73 Å². The van der Waals surface area contributed by atoms with Crippen molar-refractivity contribution >= 4 is 15.9 Å². The minimum atomic E-state index is 0.700. The van der Waals surface area contributed by atoms with Crippen LogP contribution in [0.25, 0.3) is 11.1 Å². The molecule has 0 atom stereocenters. The van der Waals surface area contributed by atoms with Gasteiger partial charge in [-0.25, -0.2) is 0 Å². The van der Waals surface area contributed by atoms with E-state index >= 15 is 0 Å². The van der Waals surface area contributed by atoms with Crippen LogP contribution in [0.4, 0.5) is 0 Å². The van der Waals surface area contributed by atoms with Crippen molar-refractivity contribution in [1.82, 2.24) is 9.78 Å². The van der Waals surface area contributed by atoms with Crippen molar-refractivity contribution in [3.63, 3.8) is 0 Å². The number of aryl methyl sites for hydroxylation is 2. The van der Waals surface area contributed by atoms with Gasteiger partial charge in [-0.15, -0.1) is 0 Å². The van der Waals surface area contributed by atoms with E-state index in [1.54, 1.807) is 0 Å². The molecular formula is C13H16BrN3. The van der Waals surface area contributed by atoms with Crippen molar-refractivity contribution in [3.05, 3.63) is 40.6 Å². The second-order valence-corrected chi connectivity index (χ2v) is 4.89. The van der Waals surface area contributed by atoms with Gasteiger partial charge in [0.2, 0.25) is 0 Å². The Morgan fingerprint density at radius 3 is 2.76 bits per heavy atom. The largest absolute Gasteiger partial charge is 0.330 e. The van der Waals surface area contributed by atoms with Crippen molar-refractivity contribution in [2.75, 3.05) is 6.54 Å². The van der Waals surface area contributed by atoms with E-state index in [0.29, 0.717) is 6.54 Å². The fourth-order valence-electron chi connectivity index (χ4n) is 1.89. The third-order valence-electron chi connectivity index (χ3n) is 2.69. The molecule has 0 fully saturated rings. The molecule has 90 valence electrons. The highest BCUT2D eigenvalue weighted by molar-refractivity contribution is 9.10. The second kappa shape index (κ2) is 5.47. The lowest BCUT2D eigenvalue weighted by molar-refractivity contribution is 0.723. The van der Waals surface area contributed by atoms with Crippen molar-refractivity contribution in [2.24, 2.45) is 12.8 Å². The van der Waals surface area contributed by atoms with Crippen LogP contribution in [-0.4, -0.2) is 16.3 Å². The van der Waals surface area contributed by atoms with Gasteiger partial charge in [-0.1, -0.05) is 34.1 Å². The summed E-state index contributed by atoms with van der Waals surface area (Å²) >= 11 is 3.58. The summed E-state index contributed by atoms with van der Waals surface area (Å²) in [7, 11) is 1.95. The number of hydrogen-bond donors (Lipinski definition) is 1. The summed E-state index contributed by atoms with van der Waals surface area (Å²) in [6.45, 7) is 0.700. The molecule has 1 heterocycles. The second-order valence-electron chi connectivity index (χ2n) is 4.04. The first-order chi connectivity index (χ1) is 8.22. The highest BCUT2D eigenvalue weighted by atomic mass is 79.9. The fourth-order valence-corrected chi connectivity index (χ4v) is 2.39. The number of hydrogen-bond acceptors (Lipinski definition) is 2. The van der Waals surface area contributed by atoms with E-state index < -0.39 is 0 Å². The minimum Gasteiger partial charge on any atom is -0.330 e. The SMILES string of the molecule is Cn1cc(-c2ccccc2Br)c(CCCN)n1. The van der Waals surface area contributed by atoms with Gasteiger partial charge in [-0.2, -0.15) is 5.10 Å². The molecule has 0 aliphatic heterocycles. The number of aromatic nitrogens is 2. The molecule has 0 saturated carbocycles. The molecule has 3 nitrogen and oxygen atoms in total. The van der Waals surface area contributed by atoms with Gasteiger partial charge in [0.15, 0.2) is 0 Å². The van der Waals surface area contributed by atoms with Crippen LogP contribution in [0, 0.1) is 0 Å². The molecule has 1 aromatic carbocycles. The topological polar surface area (TPSA) is 43.8 Å². The molecule has 0 amide bonds. The Labute approximate surface area is 110 Å². The van der Waals surface area contributed by atoms with Gasteiger partial charge in [-0.05, 0) is 31.0 Å². The van der Waals surface area contributed by atoms with Crippen molar-refractivity contribution in [1.29, 1.82) is 0 Å². The molecule has 0 unspecified atom stereocenters. The predicted octanol–water partition coefficient (Wildman–Crippen LogP) is 2.74. The van der Waals surface area contributed by atoms with Crippen LogP contribution in [0.5, 0.6) is 0 Å². The standard InChI is InChI=1S/C13H16BrN3/c1-17-9-11(13(16-17)7-4-8-15)10-5-2-3-6-12(10)14/h2-3,5-6,9H,4,7-8,15H2,1H3. The third kappa shape index (κ3) is 2.76. The number of nitrogens with two attached hydrogens (primary N) is 1. The first-order valence-corrected chi connectivity index (χ1v) is 6.49. The summed E-state index contributed by atoms with van der Waals surface area (Å²) in [4.78, 5) is 0. The average molecular weight is 294 g/mol. The normalized spacial score (nSPS) is 10.8. The Balaban J connectivity index is 2.41. The lowest BCUT2D eigenvalue weighted by Gasteiger charge is -2.04. The summed E-state index contributed by atoms with van der Waals surface area (Å²) in [5, 5.41) is 4.51. The lowest BCUT2D eigenvalue weighted by atomic mass is 10.0. The Kier molecular flexibility index (Phi) is 3.97. The molecule has 0 bridgehead atoms. The van der Waals surface area contributed by atoms with E-state index in [2.05, 4.69) is 39.4 Å². The van der Waals surface area contributed by atoms with Crippen molar-refractivity contribution in [2.45, 2.75) is 12.8 Å². The molecule has 0 spiro atoms. The molecule has 0 radical (unpaired) electrons. The highest BCUT2D eigenvalue weighted by Crippen LogP contribution is 2.30. The number of halogens is 1. The molecule has 1 aromatic heterocycles. The van der Waals surface area contributed by atoms with E-state index in [0.717, 1.165) is 23.0 Å². The van der Waals surface area contributed by atoms with Crippen LogP contribution >= 0.6 is 15.9 Å². The Morgan fingerprint density at radius 1 is 1.29 bits per heavy atom. The maximum atomic E-state index is 5.56. The smallest absolute Gasteiger partial charge is 0.0703 e. The van der Waals surface area contributed by atoms with E-state index in [9.17, 15) is 0 Å². The van der Waals surface area contributed by atoms with Crippen LogP contribution in [0.2, 0.25) is 0 Å². The van der Waals surface area contributed by atoms with Gasteiger partial charge in [0.25, 0.3) is 0 Å². The zero-order valence-corrected chi connectivity index (χ0v) is 11.4. The quantitative estimate of drug-likeness (QED) is 0.942. The first-order valence-electron chi connectivity index (χ1n) is 5.70. The van der Waals surface area contributed by atoms with Crippen molar-refractivity contribution < 1.29 is 0 Å². The van der Waals surface area contributed by atoms with E-state index in [1.807, 2.05) is 23.9 Å². The number of benzene rings is 1. The summed E-state index contributed by atoms with van der Waals surface area (Å²) < 4.78 is 2.96. The maximum absolute atomic E-state index is 5.56. The van der Waals surface area contributed by atoms with Crippen LogP contribution < -0.4 is 5.73 Å². The molecule has 0 aliphatic rings. The van der Waals surface area contributed by atoms with E-state index in [4.69, 9.17) is 5.73 Å². The maximum Gasteiger partial charge on any atom is 0.0703 e. The Hall–Kier alpha value is -1.13. The van der Waals surface area contributed by atoms with Crippen LogP contribution in [-0.2, 0) is 13.5 Å². The Bertz CT molecular complexity index is 505. The van der Waals surface area contributed by atoms with E-state index in [1.165, 1.54) is 11.1 Å². The highest BCUT2D eigenvalue weighted by Gasteiger charge is 2.11. The van der Waals surface area contributed by atoms with Gasteiger partial charge in [0.1, 0.15) is 0 Å². The van der Waals surface area contributed by atoms with Gasteiger partial charge in [0.05, 0.1) is 5.69 Å². The van der Waals surface area contributed by atoms with Crippen LogP contribution in [0.15, 0.2) is 34.9 Å². The molecule has 17 heavy (non-hydrogen) atoms. The van der Waals surface area contributed by atoms with E-state index in [-0.39, 0.29) is 0 Å². The van der Waals surface area contributed by atoms with Gasteiger partial charge in [0, 0.05) is 23.3 Å². The third-order valence-corrected chi connectivity index (χ3v) is 3.38. The molecular weight excluding hydrogens is 278 g/mol. The first kappa shape index (κ1) is 12.3. The fraction of sp³-hybridized carbons (Fsp3) is 0.308. The predicted molar refractivity (Wildman–Crippen MR) is 73.7 cm³/mol. The summed E-state index contributed by atoms with van der Waals surface area (Å²) in [5.74, 6) is 0. The molecule has 0 saturated heterocycles. The zero-order valence-electron chi connectivity index (χ0n) is 9.86. The zero-order chi connectivity index (χ0) is 12.3. The molecule has 2 aromatic rings. The van der Waals surface area contributed by atoms with Crippen LogP contribution in [0.1, 0.15) is 12.1 Å². The summed E-state index contributed by atoms with van der Waals surface area (Å²) in [6.07, 6.45) is 3.95. The molecule has 4 heteroatoms. The minimum absolute atomic E-state index is 0.700. The monoisotopic (exact) mass is 293 g/mol. The molecule has 2 N–H and O–H groups in total. The summed E-state index contributed by atoms with van der Waals surface area (Å²) in [5.41, 5.74) is 9.05. The summed E-state index contributed by atoms with van der Waals surface area (Å²) in [6, 6.07) is 8.21. The average Bonchev–Trinajstić information content (AvgIpc) is 2.68. The lowest BCUT2D eigenvalue weighted by Crippen LogP contribution is -2.01.